The number of alkyl halides is 2. The van der Waals surface area contributed by atoms with Crippen molar-refractivity contribution in [1.82, 2.24) is 14.8 Å². The maximum absolute atomic E-state index is 13.3. The molecule has 0 aliphatic heterocycles. The molecule has 0 bridgehead atoms. The number of pyridine rings is 1. The SMILES string of the molecule is CCc1c(-c2ccc3cnc(NC(=O)C4CCC(F)(F)CC4)cc3c2)cnn1C. The molecule has 1 aliphatic carbocycles. The van der Waals surface area contributed by atoms with Crippen LogP contribution in [-0.2, 0) is 18.3 Å². The van der Waals surface area contributed by atoms with Gasteiger partial charge in [-0.1, -0.05) is 19.1 Å². The summed E-state index contributed by atoms with van der Waals surface area (Å²) in [5.41, 5.74) is 3.30. The van der Waals surface area contributed by atoms with Crippen LogP contribution in [0.15, 0.2) is 36.7 Å². The molecule has 0 unspecified atom stereocenters. The molecular formula is C22H24F2N4O. The molecule has 3 aromatic rings. The van der Waals surface area contributed by atoms with E-state index in [-0.39, 0.29) is 37.5 Å². The Bertz CT molecular complexity index is 1050. The van der Waals surface area contributed by atoms with Crippen molar-refractivity contribution in [3.63, 3.8) is 0 Å². The summed E-state index contributed by atoms with van der Waals surface area (Å²) in [5, 5.41) is 9.08. The second-order valence-electron chi connectivity index (χ2n) is 7.73. The number of hydrogen-bond acceptors (Lipinski definition) is 3. The fourth-order valence-electron chi connectivity index (χ4n) is 4.03. The van der Waals surface area contributed by atoms with Gasteiger partial charge < -0.3 is 5.32 Å². The predicted octanol–water partition coefficient (Wildman–Crippen LogP) is 4.96. The van der Waals surface area contributed by atoms with Crippen LogP contribution < -0.4 is 5.32 Å². The Hall–Kier alpha value is -2.83. The Balaban J connectivity index is 1.56. The first kappa shape index (κ1) is 19.5. The van der Waals surface area contributed by atoms with E-state index in [0.717, 1.165) is 34.0 Å². The molecule has 1 N–H and O–H groups in total. The molecule has 1 aliphatic rings. The summed E-state index contributed by atoms with van der Waals surface area (Å²) in [6, 6.07) is 7.93. The number of halogens is 2. The van der Waals surface area contributed by atoms with E-state index in [4.69, 9.17) is 0 Å². The maximum atomic E-state index is 13.3. The highest BCUT2D eigenvalue weighted by atomic mass is 19.3. The minimum Gasteiger partial charge on any atom is -0.310 e. The highest BCUT2D eigenvalue weighted by Crippen LogP contribution is 2.36. The molecule has 1 aromatic carbocycles. The van der Waals surface area contributed by atoms with Crippen LogP contribution in [0.2, 0.25) is 0 Å². The number of carbonyl (C=O) groups is 1. The van der Waals surface area contributed by atoms with Crippen molar-refractivity contribution >= 4 is 22.5 Å². The van der Waals surface area contributed by atoms with Gasteiger partial charge in [-0.3, -0.25) is 9.48 Å². The van der Waals surface area contributed by atoms with Crippen molar-refractivity contribution < 1.29 is 13.6 Å². The average molecular weight is 398 g/mol. The molecule has 5 nitrogen and oxygen atoms in total. The summed E-state index contributed by atoms with van der Waals surface area (Å²) < 4.78 is 28.5. The van der Waals surface area contributed by atoms with E-state index >= 15 is 0 Å². The third kappa shape index (κ3) is 3.99. The number of rotatable bonds is 4. The lowest BCUT2D eigenvalue weighted by molar-refractivity contribution is -0.124. The molecule has 2 heterocycles. The number of carbonyl (C=O) groups excluding carboxylic acids is 1. The molecule has 152 valence electrons. The van der Waals surface area contributed by atoms with E-state index in [9.17, 15) is 13.6 Å². The van der Waals surface area contributed by atoms with E-state index in [1.807, 2.05) is 36.1 Å². The standard InChI is InChI=1S/C22H24F2N4O/c1-3-19-18(13-26-28(19)2)15-4-5-16-12-25-20(11-17(16)10-15)27-21(29)14-6-8-22(23,24)9-7-14/h4-5,10-14H,3,6-9H2,1-2H3,(H,25,27,29). The third-order valence-electron chi connectivity index (χ3n) is 5.77. The van der Waals surface area contributed by atoms with E-state index in [1.54, 1.807) is 6.20 Å². The van der Waals surface area contributed by atoms with Crippen molar-refractivity contribution in [3.05, 3.63) is 42.4 Å². The molecule has 0 spiro atoms. The van der Waals surface area contributed by atoms with Crippen LogP contribution in [0.5, 0.6) is 0 Å². The number of nitrogens with zero attached hydrogens (tertiary/aromatic N) is 3. The molecule has 1 amide bonds. The van der Waals surface area contributed by atoms with Gasteiger partial charge in [0.25, 0.3) is 0 Å². The lowest BCUT2D eigenvalue weighted by Crippen LogP contribution is -2.32. The van der Waals surface area contributed by atoms with E-state index in [1.165, 1.54) is 0 Å². The molecule has 4 rings (SSSR count). The molecule has 7 heteroatoms. The quantitative estimate of drug-likeness (QED) is 0.676. The van der Waals surface area contributed by atoms with Gasteiger partial charge in [-0.05, 0) is 42.3 Å². The Morgan fingerprint density at radius 2 is 1.97 bits per heavy atom. The maximum Gasteiger partial charge on any atom is 0.248 e. The summed E-state index contributed by atoms with van der Waals surface area (Å²) in [5.74, 6) is -2.82. The van der Waals surface area contributed by atoms with Gasteiger partial charge in [0.1, 0.15) is 5.82 Å². The lowest BCUT2D eigenvalue weighted by Gasteiger charge is -2.27. The molecule has 0 atom stereocenters. The van der Waals surface area contributed by atoms with Gasteiger partial charge in [0, 0.05) is 48.6 Å². The number of anilines is 1. The number of aromatic nitrogens is 3. The van der Waals surface area contributed by atoms with Crippen molar-refractivity contribution in [1.29, 1.82) is 0 Å². The smallest absolute Gasteiger partial charge is 0.248 e. The fraction of sp³-hybridized carbons (Fsp3) is 0.409. The number of nitrogens with one attached hydrogen (secondary N) is 1. The van der Waals surface area contributed by atoms with Crippen LogP contribution in [0.1, 0.15) is 38.3 Å². The first-order valence-electron chi connectivity index (χ1n) is 9.96. The predicted molar refractivity (Wildman–Crippen MR) is 109 cm³/mol. The first-order chi connectivity index (χ1) is 13.9. The first-order valence-corrected chi connectivity index (χ1v) is 9.96. The number of amides is 1. The Labute approximate surface area is 168 Å². The van der Waals surface area contributed by atoms with Gasteiger partial charge in [0.15, 0.2) is 0 Å². The number of aryl methyl sites for hydroxylation is 1. The van der Waals surface area contributed by atoms with Gasteiger partial charge in [-0.15, -0.1) is 0 Å². The topological polar surface area (TPSA) is 59.8 Å². The van der Waals surface area contributed by atoms with Crippen molar-refractivity contribution in [3.8, 4) is 11.1 Å². The molecule has 1 fully saturated rings. The van der Waals surface area contributed by atoms with Gasteiger partial charge in [0.2, 0.25) is 11.8 Å². The van der Waals surface area contributed by atoms with Crippen LogP contribution in [0.25, 0.3) is 21.9 Å². The minimum absolute atomic E-state index is 0.206. The monoisotopic (exact) mass is 398 g/mol. The van der Waals surface area contributed by atoms with E-state index in [0.29, 0.717) is 5.82 Å². The number of benzene rings is 1. The molecule has 0 saturated heterocycles. The van der Waals surface area contributed by atoms with Crippen molar-refractivity contribution in [2.24, 2.45) is 13.0 Å². The van der Waals surface area contributed by atoms with Crippen LogP contribution in [-0.4, -0.2) is 26.6 Å². The second kappa shape index (κ2) is 7.54. The van der Waals surface area contributed by atoms with Gasteiger partial charge >= 0.3 is 0 Å². The highest BCUT2D eigenvalue weighted by molar-refractivity contribution is 5.95. The Morgan fingerprint density at radius 1 is 1.21 bits per heavy atom. The van der Waals surface area contributed by atoms with Crippen molar-refractivity contribution in [2.75, 3.05) is 5.32 Å². The number of hydrogen-bond donors (Lipinski definition) is 1. The second-order valence-corrected chi connectivity index (χ2v) is 7.73. The average Bonchev–Trinajstić information content (AvgIpc) is 3.07. The summed E-state index contributed by atoms with van der Waals surface area (Å²) in [6.45, 7) is 2.10. The number of fused-ring (bicyclic) bond motifs is 1. The van der Waals surface area contributed by atoms with Crippen molar-refractivity contribution in [2.45, 2.75) is 45.0 Å². The van der Waals surface area contributed by atoms with Crippen LogP contribution in [0, 0.1) is 5.92 Å². The van der Waals surface area contributed by atoms with Crippen LogP contribution in [0.3, 0.4) is 0 Å². The Morgan fingerprint density at radius 3 is 2.69 bits per heavy atom. The summed E-state index contributed by atoms with van der Waals surface area (Å²) >= 11 is 0. The zero-order valence-corrected chi connectivity index (χ0v) is 16.6. The van der Waals surface area contributed by atoms with Gasteiger partial charge in [-0.25, -0.2) is 13.8 Å². The summed E-state index contributed by atoms with van der Waals surface area (Å²) in [6.07, 6.45) is 4.40. The fourth-order valence-corrected chi connectivity index (χ4v) is 4.03. The molecule has 29 heavy (non-hydrogen) atoms. The Kier molecular flexibility index (Phi) is 5.06. The summed E-state index contributed by atoms with van der Waals surface area (Å²) in [4.78, 5) is 16.8. The normalized spacial score (nSPS) is 16.8. The molecule has 2 aromatic heterocycles. The largest absolute Gasteiger partial charge is 0.310 e. The van der Waals surface area contributed by atoms with Crippen LogP contribution >= 0.6 is 0 Å². The zero-order chi connectivity index (χ0) is 20.6. The van der Waals surface area contributed by atoms with Gasteiger partial charge in [-0.2, -0.15) is 5.10 Å². The molecule has 0 radical (unpaired) electrons. The lowest BCUT2D eigenvalue weighted by atomic mass is 9.86. The van der Waals surface area contributed by atoms with Crippen LogP contribution in [0.4, 0.5) is 14.6 Å². The minimum atomic E-state index is -2.64. The third-order valence-corrected chi connectivity index (χ3v) is 5.77. The van der Waals surface area contributed by atoms with E-state index in [2.05, 4.69) is 28.4 Å². The highest BCUT2D eigenvalue weighted by Gasteiger charge is 2.37. The zero-order valence-electron chi connectivity index (χ0n) is 16.6. The van der Waals surface area contributed by atoms with E-state index < -0.39 is 5.92 Å². The summed E-state index contributed by atoms with van der Waals surface area (Å²) in [7, 11) is 1.93. The van der Waals surface area contributed by atoms with Gasteiger partial charge in [0.05, 0.1) is 6.20 Å². The molecule has 1 saturated carbocycles. The molecular weight excluding hydrogens is 374 g/mol.